The molecule has 0 aliphatic rings. The number of carbonyl (C=O) groups excluding carboxylic acids is 1. The maximum atomic E-state index is 12.1. The van der Waals surface area contributed by atoms with Crippen LogP contribution in [0.1, 0.15) is 17.4 Å². The van der Waals surface area contributed by atoms with Crippen LogP contribution in [0, 0.1) is 0 Å². The van der Waals surface area contributed by atoms with Crippen LogP contribution in [0.2, 0.25) is 0 Å². The third-order valence-corrected chi connectivity index (χ3v) is 3.69. The van der Waals surface area contributed by atoms with Crippen LogP contribution in [0.4, 0.5) is 0 Å². The molecule has 130 valence electrons. The monoisotopic (exact) mass is 339 g/mol. The average molecular weight is 339 g/mol. The first-order valence-electron chi connectivity index (χ1n) is 8.02. The highest BCUT2D eigenvalue weighted by atomic mass is 16.5. The Hall–Kier alpha value is -3.09. The van der Waals surface area contributed by atoms with Crippen molar-refractivity contribution in [2.75, 3.05) is 6.61 Å². The molecule has 0 bridgehead atoms. The van der Waals surface area contributed by atoms with E-state index >= 15 is 0 Å². The van der Waals surface area contributed by atoms with Gasteiger partial charge in [0.05, 0.1) is 18.6 Å². The topological polar surface area (TPSA) is 74.0 Å². The molecule has 0 aliphatic heterocycles. The van der Waals surface area contributed by atoms with Crippen molar-refractivity contribution < 1.29 is 9.53 Å². The van der Waals surface area contributed by atoms with Crippen molar-refractivity contribution in [1.82, 2.24) is 24.6 Å². The minimum Gasteiger partial charge on any atom is -0.491 e. The van der Waals surface area contributed by atoms with Crippen LogP contribution in [0.5, 0.6) is 5.75 Å². The molecule has 0 aliphatic carbocycles. The predicted octanol–water partition coefficient (Wildman–Crippen LogP) is 2.02. The Kier molecular flexibility index (Phi) is 4.83. The Bertz CT molecular complexity index is 868. The van der Waals surface area contributed by atoms with E-state index in [-0.39, 0.29) is 11.9 Å². The van der Waals surface area contributed by atoms with Crippen molar-refractivity contribution in [2.24, 2.45) is 14.1 Å². The number of hydrogen-bond acceptors (Lipinski definition) is 4. The van der Waals surface area contributed by atoms with Crippen molar-refractivity contribution in [3.63, 3.8) is 0 Å². The molecule has 1 atom stereocenters. The minimum atomic E-state index is -0.208. The lowest BCUT2D eigenvalue weighted by Crippen LogP contribution is -2.37. The number of ether oxygens (including phenoxy) is 1. The van der Waals surface area contributed by atoms with Gasteiger partial charge in [-0.2, -0.15) is 5.10 Å². The summed E-state index contributed by atoms with van der Waals surface area (Å²) in [4.78, 5) is 16.1. The summed E-state index contributed by atoms with van der Waals surface area (Å²) in [5, 5.41) is 7.06. The molecular weight excluding hydrogens is 318 g/mol. The Morgan fingerprint density at radius 2 is 2.12 bits per heavy atom. The van der Waals surface area contributed by atoms with Gasteiger partial charge in [-0.3, -0.25) is 9.48 Å². The second-order valence-electron chi connectivity index (χ2n) is 6.04. The van der Waals surface area contributed by atoms with Gasteiger partial charge in [-0.05, 0) is 24.6 Å². The number of aryl methyl sites for hydroxylation is 2. The first kappa shape index (κ1) is 16.8. The summed E-state index contributed by atoms with van der Waals surface area (Å²) < 4.78 is 9.31. The second kappa shape index (κ2) is 7.21. The molecule has 1 N–H and O–H groups in total. The highest BCUT2D eigenvalue weighted by Crippen LogP contribution is 2.23. The first-order valence-corrected chi connectivity index (χ1v) is 8.02. The van der Waals surface area contributed by atoms with E-state index < -0.39 is 0 Å². The number of imidazole rings is 1. The van der Waals surface area contributed by atoms with Gasteiger partial charge in [-0.25, -0.2) is 4.98 Å². The molecule has 2 aromatic heterocycles. The van der Waals surface area contributed by atoms with Gasteiger partial charge < -0.3 is 14.6 Å². The van der Waals surface area contributed by atoms with E-state index in [2.05, 4.69) is 15.4 Å². The third kappa shape index (κ3) is 4.26. The van der Waals surface area contributed by atoms with Crippen molar-refractivity contribution in [1.29, 1.82) is 0 Å². The van der Waals surface area contributed by atoms with E-state index in [1.54, 1.807) is 21.8 Å². The van der Waals surface area contributed by atoms with Crippen LogP contribution in [-0.4, -0.2) is 37.9 Å². The molecule has 1 amide bonds. The van der Waals surface area contributed by atoms with Gasteiger partial charge in [-0.1, -0.05) is 12.1 Å². The van der Waals surface area contributed by atoms with E-state index in [1.165, 1.54) is 0 Å². The lowest BCUT2D eigenvalue weighted by atomic mass is 10.1. The number of nitrogens with zero attached hydrogens (tertiary/aromatic N) is 4. The summed E-state index contributed by atoms with van der Waals surface area (Å²) in [5.74, 6) is 0.543. The molecule has 0 saturated heterocycles. The third-order valence-electron chi connectivity index (χ3n) is 3.69. The van der Waals surface area contributed by atoms with Crippen molar-refractivity contribution in [3.05, 3.63) is 54.9 Å². The van der Waals surface area contributed by atoms with Crippen LogP contribution >= 0.6 is 0 Å². The SMILES string of the molecule is C[C@H](COc1cccc(-c2cnn(C)c2)c1)NC(=O)c1cn(C)cn1. The number of carbonyl (C=O) groups is 1. The van der Waals surface area contributed by atoms with Crippen LogP contribution in [-0.2, 0) is 14.1 Å². The van der Waals surface area contributed by atoms with Gasteiger partial charge in [0, 0.05) is 32.1 Å². The Labute approximate surface area is 146 Å². The second-order valence-corrected chi connectivity index (χ2v) is 6.04. The smallest absolute Gasteiger partial charge is 0.271 e. The quantitative estimate of drug-likeness (QED) is 0.746. The zero-order valence-corrected chi connectivity index (χ0v) is 14.5. The fourth-order valence-electron chi connectivity index (χ4n) is 2.43. The lowest BCUT2D eigenvalue weighted by Gasteiger charge is -2.14. The molecule has 0 fully saturated rings. The highest BCUT2D eigenvalue weighted by Gasteiger charge is 2.12. The number of benzene rings is 1. The van der Waals surface area contributed by atoms with Gasteiger partial charge in [0.2, 0.25) is 0 Å². The molecule has 0 spiro atoms. The maximum Gasteiger partial charge on any atom is 0.271 e. The molecule has 7 nitrogen and oxygen atoms in total. The maximum absolute atomic E-state index is 12.1. The van der Waals surface area contributed by atoms with Crippen molar-refractivity contribution in [2.45, 2.75) is 13.0 Å². The first-order chi connectivity index (χ1) is 12.0. The molecule has 7 heteroatoms. The summed E-state index contributed by atoms with van der Waals surface area (Å²) in [6.07, 6.45) is 7.05. The molecule has 25 heavy (non-hydrogen) atoms. The molecule has 0 radical (unpaired) electrons. The van der Waals surface area contributed by atoms with Crippen molar-refractivity contribution >= 4 is 5.91 Å². The number of hydrogen-bond donors (Lipinski definition) is 1. The fourth-order valence-corrected chi connectivity index (χ4v) is 2.43. The van der Waals surface area contributed by atoms with Gasteiger partial charge in [0.1, 0.15) is 18.1 Å². The standard InChI is InChI=1S/C18H21N5O2/c1-13(21-18(24)17-10-22(2)12-19-17)11-25-16-6-4-5-14(7-16)15-8-20-23(3)9-15/h4-10,12-13H,11H2,1-3H3,(H,21,24)/t13-/m1/s1. The summed E-state index contributed by atoms with van der Waals surface area (Å²) in [6.45, 7) is 2.26. The van der Waals surface area contributed by atoms with Crippen LogP contribution in [0.3, 0.4) is 0 Å². The van der Waals surface area contributed by atoms with E-state index in [0.29, 0.717) is 12.3 Å². The number of rotatable bonds is 6. The average Bonchev–Trinajstić information content (AvgIpc) is 3.22. The number of amides is 1. The normalized spacial score (nSPS) is 12.0. The van der Waals surface area contributed by atoms with Gasteiger partial charge in [0.15, 0.2) is 0 Å². The van der Waals surface area contributed by atoms with Gasteiger partial charge in [0.25, 0.3) is 5.91 Å². The molecule has 0 unspecified atom stereocenters. The molecule has 3 aromatic rings. The highest BCUT2D eigenvalue weighted by molar-refractivity contribution is 5.92. The summed E-state index contributed by atoms with van der Waals surface area (Å²) in [6, 6.07) is 7.67. The van der Waals surface area contributed by atoms with E-state index in [4.69, 9.17) is 4.74 Å². The van der Waals surface area contributed by atoms with Gasteiger partial charge >= 0.3 is 0 Å². The Morgan fingerprint density at radius 1 is 1.28 bits per heavy atom. The number of aromatic nitrogens is 4. The fraction of sp³-hybridized carbons (Fsp3) is 0.278. The van der Waals surface area contributed by atoms with E-state index in [0.717, 1.165) is 16.9 Å². The van der Waals surface area contributed by atoms with E-state index in [9.17, 15) is 4.79 Å². The summed E-state index contributed by atoms with van der Waals surface area (Å²) in [7, 11) is 3.71. The largest absolute Gasteiger partial charge is 0.491 e. The molecule has 2 heterocycles. The van der Waals surface area contributed by atoms with Crippen molar-refractivity contribution in [3.8, 4) is 16.9 Å². The molecule has 1 aromatic carbocycles. The summed E-state index contributed by atoms with van der Waals surface area (Å²) in [5.41, 5.74) is 2.47. The summed E-state index contributed by atoms with van der Waals surface area (Å²) >= 11 is 0. The Morgan fingerprint density at radius 3 is 2.80 bits per heavy atom. The predicted molar refractivity (Wildman–Crippen MR) is 94.3 cm³/mol. The molecule has 3 rings (SSSR count). The zero-order chi connectivity index (χ0) is 17.8. The number of nitrogens with one attached hydrogen (secondary N) is 1. The van der Waals surface area contributed by atoms with E-state index in [1.807, 2.05) is 57.7 Å². The molecular formula is C18H21N5O2. The lowest BCUT2D eigenvalue weighted by molar-refractivity contribution is 0.0922. The van der Waals surface area contributed by atoms with Gasteiger partial charge in [-0.15, -0.1) is 0 Å². The van der Waals surface area contributed by atoms with Crippen LogP contribution in [0.15, 0.2) is 49.2 Å². The minimum absolute atomic E-state index is 0.142. The molecule has 0 saturated carbocycles. The van der Waals surface area contributed by atoms with Crippen LogP contribution < -0.4 is 10.1 Å². The van der Waals surface area contributed by atoms with Crippen LogP contribution in [0.25, 0.3) is 11.1 Å². The zero-order valence-electron chi connectivity index (χ0n) is 14.5. The Balaban J connectivity index is 1.57.